The van der Waals surface area contributed by atoms with Gasteiger partial charge >= 0.3 is 11.9 Å². The number of unbranched alkanes of at least 4 members (excludes halogenated alkanes) is 12. The number of carboxylic acid groups (broad SMARTS) is 2. The predicted octanol–water partition coefficient (Wildman–Crippen LogP) is 6.12. The van der Waals surface area contributed by atoms with Crippen LogP contribution in [0.3, 0.4) is 0 Å². The van der Waals surface area contributed by atoms with Crippen molar-refractivity contribution in [1.82, 2.24) is 0 Å². The van der Waals surface area contributed by atoms with Gasteiger partial charge in [-0.15, -0.1) is 0 Å². The van der Waals surface area contributed by atoms with Crippen LogP contribution in [0.2, 0.25) is 0 Å². The van der Waals surface area contributed by atoms with E-state index in [0.29, 0.717) is 6.61 Å². The fourth-order valence-electron chi connectivity index (χ4n) is 3.31. The summed E-state index contributed by atoms with van der Waals surface area (Å²) in [4.78, 5) is 21.3. The zero-order chi connectivity index (χ0) is 22.0. The lowest BCUT2D eigenvalue weighted by molar-refractivity contribution is -0.145. The molecule has 1 aliphatic rings. The van der Waals surface area contributed by atoms with Crippen LogP contribution in [0.1, 0.15) is 104 Å². The molecule has 1 atom stereocenters. The number of aliphatic hydroxyl groups is 1. The van der Waals surface area contributed by atoms with Crippen LogP contribution in [0.5, 0.6) is 0 Å². The van der Waals surface area contributed by atoms with Crippen LogP contribution in [-0.2, 0) is 9.59 Å². The lowest BCUT2D eigenvalue weighted by Crippen LogP contribution is -2.28. The minimum atomic E-state index is -1.08. The second-order valence-electron chi connectivity index (χ2n) is 8.22. The first-order chi connectivity index (χ1) is 13.9. The van der Waals surface area contributed by atoms with Gasteiger partial charge in [-0.3, -0.25) is 4.79 Å². The number of aliphatic carboxylic acids is 2. The number of hydrogen-bond donors (Lipinski definition) is 3. The highest BCUT2D eigenvalue weighted by molar-refractivity contribution is 5.90. The highest BCUT2D eigenvalue weighted by Crippen LogP contribution is 2.31. The molecular formula is C24H42O5. The second kappa shape index (κ2) is 17.3. The summed E-state index contributed by atoms with van der Waals surface area (Å²) >= 11 is 0. The van der Waals surface area contributed by atoms with Crippen LogP contribution in [0.4, 0.5) is 0 Å². The smallest absolute Gasteiger partial charge is 0.331 e. The summed E-state index contributed by atoms with van der Waals surface area (Å²) in [5.41, 5.74) is -0.949. The third kappa shape index (κ3) is 14.1. The van der Waals surface area contributed by atoms with E-state index in [2.05, 4.69) is 6.92 Å². The fraction of sp³-hybridized carbons (Fsp3) is 0.750. The first-order valence-corrected chi connectivity index (χ1v) is 11.3. The van der Waals surface area contributed by atoms with Crippen LogP contribution >= 0.6 is 0 Å². The van der Waals surface area contributed by atoms with Gasteiger partial charge in [0.05, 0.1) is 5.41 Å². The van der Waals surface area contributed by atoms with Crippen molar-refractivity contribution in [2.45, 2.75) is 104 Å². The van der Waals surface area contributed by atoms with Gasteiger partial charge in [-0.1, -0.05) is 102 Å². The Kier molecular flexibility index (Phi) is 16.3. The molecule has 0 fully saturated rings. The Morgan fingerprint density at radius 3 is 1.69 bits per heavy atom. The zero-order valence-corrected chi connectivity index (χ0v) is 18.5. The van der Waals surface area contributed by atoms with E-state index in [1.165, 1.54) is 102 Å². The van der Waals surface area contributed by atoms with Crippen molar-refractivity contribution in [3.63, 3.8) is 0 Å². The van der Waals surface area contributed by atoms with Crippen LogP contribution < -0.4 is 0 Å². The van der Waals surface area contributed by atoms with Gasteiger partial charge in [0.2, 0.25) is 0 Å². The van der Waals surface area contributed by atoms with E-state index < -0.39 is 17.4 Å². The van der Waals surface area contributed by atoms with E-state index in [1.807, 2.05) is 0 Å². The van der Waals surface area contributed by atoms with Gasteiger partial charge in [-0.25, -0.2) is 4.79 Å². The topological polar surface area (TPSA) is 94.8 Å². The molecule has 1 unspecified atom stereocenters. The number of carbonyl (C=O) groups is 2. The Labute approximate surface area is 176 Å². The van der Waals surface area contributed by atoms with E-state index >= 15 is 0 Å². The lowest BCUT2D eigenvalue weighted by atomic mass is 9.80. The third-order valence-corrected chi connectivity index (χ3v) is 5.34. The third-order valence-electron chi connectivity index (χ3n) is 5.34. The molecule has 1 aliphatic carbocycles. The number of allylic oxidation sites excluding steroid dienone is 2. The quantitative estimate of drug-likeness (QED) is 0.283. The zero-order valence-electron chi connectivity index (χ0n) is 18.5. The van der Waals surface area contributed by atoms with Crippen LogP contribution in [0.15, 0.2) is 23.8 Å². The lowest BCUT2D eigenvalue weighted by Gasteiger charge is -2.23. The van der Waals surface area contributed by atoms with Crippen LogP contribution in [-0.4, -0.2) is 33.9 Å². The molecule has 0 spiro atoms. The number of rotatable bonds is 15. The van der Waals surface area contributed by atoms with Gasteiger partial charge < -0.3 is 15.3 Å². The molecule has 0 heterocycles. The maximum Gasteiger partial charge on any atom is 0.331 e. The van der Waals surface area contributed by atoms with Crippen molar-refractivity contribution in [2.24, 2.45) is 5.41 Å². The molecule has 29 heavy (non-hydrogen) atoms. The van der Waals surface area contributed by atoms with Crippen molar-refractivity contribution in [3.8, 4) is 0 Å². The average Bonchev–Trinajstić information content (AvgIpc) is 2.69. The molecule has 5 nitrogen and oxygen atoms in total. The van der Waals surface area contributed by atoms with Crippen molar-refractivity contribution < 1.29 is 24.9 Å². The molecule has 168 valence electrons. The predicted molar refractivity (Wildman–Crippen MR) is 118 cm³/mol. The summed E-state index contributed by atoms with van der Waals surface area (Å²) < 4.78 is 0. The molecule has 0 amide bonds. The molecule has 3 N–H and O–H groups in total. The summed E-state index contributed by atoms with van der Waals surface area (Å²) in [5.74, 6) is -2.06. The largest absolute Gasteiger partial charge is 0.481 e. The summed E-state index contributed by atoms with van der Waals surface area (Å²) in [6.45, 7) is 4.15. The summed E-state index contributed by atoms with van der Waals surface area (Å²) in [5, 5.41) is 26.1. The first-order valence-electron chi connectivity index (χ1n) is 11.3. The van der Waals surface area contributed by atoms with E-state index in [4.69, 9.17) is 15.3 Å². The van der Waals surface area contributed by atoms with Crippen molar-refractivity contribution >= 4 is 11.9 Å². The molecule has 0 bridgehead atoms. The fourth-order valence-corrected chi connectivity index (χ4v) is 3.31. The van der Waals surface area contributed by atoms with E-state index in [9.17, 15) is 9.59 Å². The normalized spacial score (nSPS) is 18.0. The molecule has 0 aromatic carbocycles. The highest BCUT2D eigenvalue weighted by atomic mass is 16.4. The van der Waals surface area contributed by atoms with E-state index in [-0.39, 0.29) is 12.0 Å². The van der Waals surface area contributed by atoms with Gasteiger partial charge in [-0.2, -0.15) is 0 Å². The SMILES string of the molecule is CC1(C(=O)O)C=CC=C(C(=O)O)C1.CCCCCCCCCCCCCCCO. The van der Waals surface area contributed by atoms with Gasteiger partial charge in [0.1, 0.15) is 0 Å². The average molecular weight is 411 g/mol. The Hall–Kier alpha value is -1.62. The summed E-state index contributed by atoms with van der Waals surface area (Å²) in [6, 6.07) is 0. The molecule has 0 aliphatic heterocycles. The molecule has 5 heteroatoms. The van der Waals surface area contributed by atoms with Crippen LogP contribution in [0.25, 0.3) is 0 Å². The maximum absolute atomic E-state index is 10.8. The molecule has 0 radical (unpaired) electrons. The summed E-state index contributed by atoms with van der Waals surface area (Å²) in [6.07, 6.45) is 22.2. The van der Waals surface area contributed by atoms with Crippen LogP contribution in [0, 0.1) is 5.41 Å². The van der Waals surface area contributed by atoms with E-state index in [0.717, 1.165) is 6.42 Å². The standard InChI is InChI=1S/C15H32O.C9H10O4/c1-2-3-4-5-6-7-8-9-10-11-12-13-14-15-16;1-9(8(12)13)4-2-3-6(5-9)7(10)11/h16H,2-15H2,1H3;2-4H,5H2,1H3,(H,10,11)(H,12,13). The Bertz CT molecular complexity index is 495. The molecule has 0 aromatic rings. The van der Waals surface area contributed by atoms with E-state index in [1.54, 1.807) is 0 Å². The number of aliphatic hydroxyl groups excluding tert-OH is 1. The molecule has 0 saturated heterocycles. The van der Waals surface area contributed by atoms with Gasteiger partial charge in [-0.05, 0) is 19.8 Å². The monoisotopic (exact) mass is 410 g/mol. The maximum atomic E-state index is 10.8. The van der Waals surface area contributed by atoms with Gasteiger partial charge in [0.15, 0.2) is 0 Å². The Morgan fingerprint density at radius 1 is 0.862 bits per heavy atom. The minimum absolute atomic E-state index is 0.0359. The second-order valence-corrected chi connectivity index (χ2v) is 8.22. The number of carboxylic acids is 2. The molecule has 0 saturated carbocycles. The first kappa shape index (κ1) is 27.4. The number of hydrogen-bond acceptors (Lipinski definition) is 3. The van der Waals surface area contributed by atoms with Crippen molar-refractivity contribution in [3.05, 3.63) is 23.8 Å². The van der Waals surface area contributed by atoms with Crippen molar-refractivity contribution in [1.29, 1.82) is 0 Å². The van der Waals surface area contributed by atoms with Gasteiger partial charge in [0.25, 0.3) is 0 Å². The van der Waals surface area contributed by atoms with Gasteiger partial charge in [0, 0.05) is 12.2 Å². The Balaban J connectivity index is 0.000000551. The summed E-state index contributed by atoms with van der Waals surface area (Å²) in [7, 11) is 0. The molecule has 0 aromatic heterocycles. The highest BCUT2D eigenvalue weighted by Gasteiger charge is 2.34. The molecule has 1 rings (SSSR count). The van der Waals surface area contributed by atoms with Crippen molar-refractivity contribution in [2.75, 3.05) is 6.61 Å². The Morgan fingerprint density at radius 2 is 1.31 bits per heavy atom. The molecular weight excluding hydrogens is 368 g/mol. The minimum Gasteiger partial charge on any atom is -0.481 e.